The minimum atomic E-state index is 0. The Morgan fingerprint density at radius 2 is 1.67 bits per heavy atom. The van der Waals surface area contributed by atoms with Gasteiger partial charge in [0, 0.05) is 0 Å². The molecule has 0 fully saturated rings. The van der Waals surface area contributed by atoms with Crippen molar-refractivity contribution in [1.82, 2.24) is 0 Å². The molecule has 2 rings (SSSR count). The Morgan fingerprint density at radius 3 is 2.33 bits per heavy atom. The second kappa shape index (κ2) is 4.47. The van der Waals surface area contributed by atoms with Gasteiger partial charge in [-0.25, -0.2) is 0 Å². The molecule has 0 heterocycles. The van der Waals surface area contributed by atoms with Gasteiger partial charge >= 0.3 is 0 Å². The van der Waals surface area contributed by atoms with Gasteiger partial charge in [0.1, 0.15) is 5.75 Å². The summed E-state index contributed by atoms with van der Waals surface area (Å²) in [4.78, 5) is 0. The fraction of sp³-hybridized carbons (Fsp3) is 0.0769. The summed E-state index contributed by atoms with van der Waals surface area (Å²) in [7, 11) is 1.69. The Bertz CT molecular complexity index is 412. The van der Waals surface area contributed by atoms with Crippen LogP contribution in [0.2, 0.25) is 0 Å². The smallest absolute Gasteiger partial charge is 0.124 e. The van der Waals surface area contributed by atoms with Gasteiger partial charge in [-0.15, -0.1) is 5.56 Å². The minimum Gasteiger partial charge on any atom is -0.496 e. The molecule has 2 heteroatoms. The minimum absolute atomic E-state index is 0. The maximum atomic E-state index is 5.29. The Labute approximate surface area is 84.0 Å². The Hall–Kier alpha value is -2.76. The quantitative estimate of drug-likeness (QED) is 0.650. The molecule has 0 aromatic heterocycles. The maximum absolute atomic E-state index is 5.29. The van der Waals surface area contributed by atoms with Crippen LogP contribution < -0.4 is 4.74 Å². The number of para-hydroxylation sites is 1. The third kappa shape index (κ3) is 1.94. The summed E-state index contributed by atoms with van der Waals surface area (Å²) in [5.74, 6) is 0.902. The monoisotopic (exact) mass is 442 g/mol. The average Bonchev–Trinajstić information content (AvgIpc) is 2.30. The number of hydrogen-bond donors (Lipinski definition) is 0. The Kier molecular flexibility index (Phi) is 3.08. The van der Waals surface area contributed by atoms with Crippen molar-refractivity contribution in [2.24, 2.45) is 0 Å². The molecule has 0 saturated heterocycles. The van der Waals surface area contributed by atoms with E-state index in [1.165, 1.54) is 0 Å². The van der Waals surface area contributed by atoms with Crippen LogP contribution in [0.1, 0.15) is 0 Å². The number of ether oxygens (including phenoxy) is 1. The molecule has 0 amide bonds. The predicted octanol–water partition coefficient (Wildman–Crippen LogP) is 3.16. The number of rotatable bonds is 2. The van der Waals surface area contributed by atoms with Crippen molar-refractivity contribution in [2.75, 3.05) is 7.11 Å². The number of benzene rings is 2. The van der Waals surface area contributed by atoms with Crippen LogP contribution >= 0.6 is 0 Å². The third-order valence-corrected chi connectivity index (χ3v) is 2.14. The molecule has 0 aliphatic carbocycles. The first-order valence-electron chi connectivity index (χ1n) is 4.51. The van der Waals surface area contributed by atoms with Gasteiger partial charge in [0.2, 0.25) is 0 Å². The molecular weight excluding hydrogens is 431 g/mol. The van der Waals surface area contributed by atoms with Gasteiger partial charge in [-0.05, 0) is 11.6 Å². The largest absolute Gasteiger partial charge is 0.496 e. The summed E-state index contributed by atoms with van der Waals surface area (Å²) in [5.41, 5.74) is 2.27. The van der Waals surface area contributed by atoms with E-state index in [1.807, 2.05) is 48.5 Å². The van der Waals surface area contributed by atoms with E-state index in [0.717, 1.165) is 16.9 Å². The van der Waals surface area contributed by atoms with Crippen LogP contribution in [-0.2, 0) is 0 Å². The molecule has 15 heavy (non-hydrogen) atoms. The van der Waals surface area contributed by atoms with E-state index in [2.05, 4.69) is 6.07 Å². The summed E-state index contributed by atoms with van der Waals surface area (Å²) in [6.07, 6.45) is 0. The van der Waals surface area contributed by atoms with Gasteiger partial charge in [-0.1, -0.05) is 18.2 Å². The van der Waals surface area contributed by atoms with Crippen molar-refractivity contribution in [1.29, 1.82) is 0 Å². The van der Waals surface area contributed by atoms with E-state index in [4.69, 9.17) is 4.74 Å². The van der Waals surface area contributed by atoms with Gasteiger partial charge in [-0.2, -0.15) is 30.3 Å². The second-order valence-corrected chi connectivity index (χ2v) is 2.99. The summed E-state index contributed by atoms with van der Waals surface area (Å²) < 4.78 is 5.29. The van der Waals surface area contributed by atoms with Crippen LogP contribution in [0, 0.1) is 6.07 Å². The molecule has 0 N–H and O–H groups in total. The zero-order valence-electron chi connectivity index (χ0n) is 8.29. The SMILES string of the molecule is COc1ccccc1-c1cc[c-]cc1.[No]. The van der Waals surface area contributed by atoms with Gasteiger partial charge in [0.25, 0.3) is 0 Å². The molecule has 0 bridgehead atoms. The van der Waals surface area contributed by atoms with Crippen molar-refractivity contribution < 1.29 is 4.74 Å². The number of methoxy groups -OCH3 is 1. The van der Waals surface area contributed by atoms with Crippen molar-refractivity contribution in [3.8, 4) is 16.9 Å². The Balaban J connectivity index is 0.00000112. The van der Waals surface area contributed by atoms with Crippen molar-refractivity contribution in [3.63, 3.8) is 0 Å². The molecule has 2 aromatic rings. The first kappa shape index (κ1) is 10.3. The molecule has 2 aromatic carbocycles. The summed E-state index contributed by atoms with van der Waals surface area (Å²) >= 11 is 0. The average molecular weight is 442 g/mol. The van der Waals surface area contributed by atoms with E-state index in [0.29, 0.717) is 0 Å². The van der Waals surface area contributed by atoms with Crippen LogP contribution in [-0.4, -0.2) is 7.11 Å². The maximum Gasteiger partial charge on any atom is 0.124 e. The van der Waals surface area contributed by atoms with Crippen LogP contribution in [0.3, 0.4) is 0 Å². The third-order valence-electron chi connectivity index (χ3n) is 2.14. The van der Waals surface area contributed by atoms with E-state index >= 15 is 0 Å². The van der Waals surface area contributed by atoms with E-state index < -0.39 is 0 Å². The van der Waals surface area contributed by atoms with Crippen LogP contribution in [0.25, 0.3) is 11.1 Å². The molecule has 0 saturated carbocycles. The summed E-state index contributed by atoms with van der Waals surface area (Å²) in [6, 6.07) is 18.9. The normalized spacial score (nSPS) is 9.13. The predicted molar refractivity (Wildman–Crippen MR) is 57.3 cm³/mol. The fourth-order valence-electron chi connectivity index (χ4n) is 1.45. The fourth-order valence-corrected chi connectivity index (χ4v) is 1.45. The zero-order valence-corrected chi connectivity index (χ0v) is 10.5. The van der Waals surface area contributed by atoms with E-state index in [9.17, 15) is 0 Å². The van der Waals surface area contributed by atoms with Gasteiger partial charge in [-0.3, -0.25) is 0 Å². The molecule has 0 aliphatic rings. The number of hydrogen-bond acceptors (Lipinski definition) is 1. The van der Waals surface area contributed by atoms with E-state index in [-0.39, 0.29) is 0 Å². The Morgan fingerprint density at radius 1 is 1.00 bits per heavy atom. The molecule has 0 radical (unpaired) electrons. The molecule has 0 atom stereocenters. The van der Waals surface area contributed by atoms with Crippen LogP contribution in [0.15, 0.2) is 48.5 Å². The molecule has 0 spiro atoms. The topological polar surface area (TPSA) is 9.23 Å². The zero-order chi connectivity index (χ0) is 9.80. The molecule has 1 nitrogen and oxygen atoms in total. The van der Waals surface area contributed by atoms with Crippen molar-refractivity contribution >= 4 is 0 Å². The van der Waals surface area contributed by atoms with Gasteiger partial charge in [0.05, 0.1) is 7.11 Å². The second-order valence-electron chi connectivity index (χ2n) is 2.99. The summed E-state index contributed by atoms with van der Waals surface area (Å²) in [5, 5.41) is 0. The van der Waals surface area contributed by atoms with Gasteiger partial charge < -0.3 is 4.74 Å². The molecule has 84 valence electrons. The molecule has 0 aliphatic heterocycles. The molecule has 0 unspecified atom stereocenters. The first-order valence-corrected chi connectivity index (χ1v) is 4.51. The van der Waals surface area contributed by atoms with Crippen LogP contribution in [0.5, 0.6) is 5.75 Å². The summed E-state index contributed by atoms with van der Waals surface area (Å²) in [6.45, 7) is 0. The van der Waals surface area contributed by atoms with Crippen molar-refractivity contribution in [3.05, 3.63) is 54.6 Å². The molecular formula is C13H11NoO-. The first-order chi connectivity index (χ1) is 6.92. The van der Waals surface area contributed by atoms with Crippen molar-refractivity contribution in [2.45, 2.75) is 0 Å². The van der Waals surface area contributed by atoms with Crippen LogP contribution in [0.4, 0.5) is 0 Å². The standard InChI is InChI=1S/C13H11O.No/c1-14-13-10-6-5-9-12(13)11-7-3-2-4-8-11;/h3-10H,1H3;/q-1;. The van der Waals surface area contributed by atoms with Gasteiger partial charge in [0.15, 0.2) is 0 Å². The van der Waals surface area contributed by atoms with E-state index in [1.54, 1.807) is 7.11 Å².